The largest absolute Gasteiger partial charge is 0.393 e. The van der Waals surface area contributed by atoms with E-state index in [0.717, 1.165) is 5.16 Å². The molecule has 0 spiro atoms. The number of aliphatic hydroxyl groups excluding tert-OH is 1. The molecular formula is C12H22N4O2S. The molecule has 2 unspecified atom stereocenters. The van der Waals surface area contributed by atoms with Gasteiger partial charge in [-0.05, 0) is 34.1 Å². The van der Waals surface area contributed by atoms with Crippen molar-refractivity contribution >= 4 is 17.7 Å². The zero-order chi connectivity index (χ0) is 14.4. The summed E-state index contributed by atoms with van der Waals surface area (Å²) in [5, 5.41) is 20.7. The highest BCUT2D eigenvalue weighted by Gasteiger charge is 2.13. The maximum atomic E-state index is 11.7. The van der Waals surface area contributed by atoms with E-state index in [2.05, 4.69) is 15.5 Å². The zero-order valence-electron chi connectivity index (χ0n) is 11.8. The fourth-order valence-electron chi connectivity index (χ4n) is 1.71. The number of aromatic nitrogens is 3. The number of hydrogen-bond acceptors (Lipinski definition) is 5. The molecular weight excluding hydrogens is 264 g/mol. The fourth-order valence-corrected chi connectivity index (χ4v) is 2.56. The summed E-state index contributed by atoms with van der Waals surface area (Å²) in [6.07, 6.45) is 1.81. The second kappa shape index (κ2) is 7.49. The maximum absolute atomic E-state index is 11.7. The molecule has 1 aromatic rings. The number of amides is 1. The van der Waals surface area contributed by atoms with Gasteiger partial charge >= 0.3 is 0 Å². The minimum atomic E-state index is -0.410. The Bertz CT molecular complexity index is 406. The lowest BCUT2D eigenvalue weighted by molar-refractivity contribution is -0.119. The van der Waals surface area contributed by atoms with Crippen molar-refractivity contribution in [3.63, 3.8) is 0 Å². The number of thioether (sulfide) groups is 1. The van der Waals surface area contributed by atoms with Gasteiger partial charge in [-0.15, -0.1) is 10.2 Å². The van der Waals surface area contributed by atoms with Gasteiger partial charge in [-0.2, -0.15) is 0 Å². The van der Waals surface area contributed by atoms with Gasteiger partial charge in [0.2, 0.25) is 5.91 Å². The number of hydrogen-bond donors (Lipinski definition) is 2. The van der Waals surface area contributed by atoms with Crippen molar-refractivity contribution in [2.24, 2.45) is 0 Å². The summed E-state index contributed by atoms with van der Waals surface area (Å²) in [4.78, 5) is 11.7. The first-order chi connectivity index (χ1) is 8.90. The predicted octanol–water partition coefficient (Wildman–Crippen LogP) is 1.23. The average Bonchev–Trinajstić information content (AvgIpc) is 2.73. The summed E-state index contributed by atoms with van der Waals surface area (Å²) in [6, 6.07) is 0.241. The van der Waals surface area contributed by atoms with Gasteiger partial charge < -0.3 is 15.0 Å². The molecule has 1 rings (SSSR count). The Hall–Kier alpha value is -1.08. The number of nitrogens with one attached hydrogen (secondary N) is 1. The zero-order valence-corrected chi connectivity index (χ0v) is 12.6. The van der Waals surface area contributed by atoms with Crippen LogP contribution in [0, 0.1) is 0 Å². The van der Waals surface area contributed by atoms with Crippen LogP contribution >= 0.6 is 11.8 Å². The van der Waals surface area contributed by atoms with Crippen molar-refractivity contribution in [1.29, 1.82) is 0 Å². The summed E-state index contributed by atoms with van der Waals surface area (Å²) in [6.45, 7) is 7.67. The van der Waals surface area contributed by atoms with Gasteiger partial charge in [-0.25, -0.2) is 0 Å². The maximum Gasteiger partial charge on any atom is 0.230 e. The van der Waals surface area contributed by atoms with Gasteiger partial charge in [0.1, 0.15) is 6.33 Å². The summed E-state index contributed by atoms with van der Waals surface area (Å²) >= 11 is 1.37. The molecule has 1 aromatic heterocycles. The van der Waals surface area contributed by atoms with Gasteiger partial charge in [0.15, 0.2) is 5.16 Å². The van der Waals surface area contributed by atoms with Crippen LogP contribution in [0.1, 0.15) is 40.2 Å². The van der Waals surface area contributed by atoms with Crippen LogP contribution in [0.5, 0.6) is 0 Å². The Balaban J connectivity index is 2.40. The molecule has 0 fully saturated rings. The molecule has 19 heavy (non-hydrogen) atoms. The molecule has 1 heterocycles. The Morgan fingerprint density at radius 3 is 2.74 bits per heavy atom. The molecule has 0 bridgehead atoms. The van der Waals surface area contributed by atoms with Crippen molar-refractivity contribution in [3.05, 3.63) is 6.33 Å². The standard InChI is InChI=1S/C12H22N4O2S/c1-8(2)16-7-13-15-12(16)19-6-11(18)14-9(3)5-10(4)17/h7-10,17H,5-6H2,1-4H3,(H,14,18). The lowest BCUT2D eigenvalue weighted by Gasteiger charge is -2.15. The van der Waals surface area contributed by atoms with Crippen molar-refractivity contribution in [3.8, 4) is 0 Å². The quantitative estimate of drug-likeness (QED) is 0.737. The lowest BCUT2D eigenvalue weighted by atomic mass is 10.1. The fraction of sp³-hybridized carbons (Fsp3) is 0.750. The molecule has 0 saturated heterocycles. The number of aliphatic hydroxyl groups is 1. The van der Waals surface area contributed by atoms with Gasteiger partial charge in [-0.3, -0.25) is 4.79 Å². The SMILES string of the molecule is CC(O)CC(C)NC(=O)CSc1nncn1C(C)C. The topological polar surface area (TPSA) is 80.0 Å². The molecule has 0 aliphatic carbocycles. The van der Waals surface area contributed by atoms with E-state index in [0.29, 0.717) is 12.2 Å². The molecule has 108 valence electrons. The molecule has 0 radical (unpaired) electrons. The minimum absolute atomic E-state index is 0.0314. The molecule has 0 aliphatic rings. The Kier molecular flexibility index (Phi) is 6.30. The first-order valence-corrected chi connectivity index (χ1v) is 7.38. The Morgan fingerprint density at radius 1 is 1.47 bits per heavy atom. The molecule has 2 atom stereocenters. The highest BCUT2D eigenvalue weighted by molar-refractivity contribution is 7.99. The van der Waals surface area contributed by atoms with Crippen LogP contribution in [0.2, 0.25) is 0 Å². The molecule has 2 N–H and O–H groups in total. The van der Waals surface area contributed by atoms with E-state index in [1.54, 1.807) is 13.3 Å². The van der Waals surface area contributed by atoms with E-state index in [9.17, 15) is 9.90 Å². The molecule has 0 saturated carbocycles. The third-order valence-electron chi connectivity index (χ3n) is 2.53. The van der Waals surface area contributed by atoms with Crippen LogP contribution < -0.4 is 5.32 Å². The number of rotatable bonds is 7. The summed E-state index contributed by atoms with van der Waals surface area (Å²) in [5.74, 6) is 0.242. The highest BCUT2D eigenvalue weighted by Crippen LogP contribution is 2.18. The number of carbonyl (C=O) groups is 1. The second-order valence-corrected chi connectivity index (χ2v) is 5.90. The monoisotopic (exact) mass is 286 g/mol. The minimum Gasteiger partial charge on any atom is -0.393 e. The third-order valence-corrected chi connectivity index (χ3v) is 3.49. The van der Waals surface area contributed by atoms with Gasteiger partial charge in [-0.1, -0.05) is 11.8 Å². The van der Waals surface area contributed by atoms with E-state index in [4.69, 9.17) is 0 Å². The van der Waals surface area contributed by atoms with Crippen LogP contribution in [0.15, 0.2) is 11.5 Å². The summed E-state index contributed by atoms with van der Waals surface area (Å²) in [7, 11) is 0. The van der Waals surface area contributed by atoms with Crippen LogP contribution in [0.4, 0.5) is 0 Å². The normalized spacial score (nSPS) is 14.4. The highest BCUT2D eigenvalue weighted by atomic mass is 32.2. The van der Waals surface area contributed by atoms with Crippen molar-refractivity contribution in [2.45, 2.75) is 57.5 Å². The molecule has 6 nitrogen and oxygen atoms in total. The summed E-state index contributed by atoms with van der Waals surface area (Å²) < 4.78 is 1.93. The first kappa shape index (κ1) is 16.0. The number of nitrogens with zero attached hydrogens (tertiary/aromatic N) is 3. The van der Waals surface area contributed by atoms with Gasteiger partial charge in [0.25, 0.3) is 0 Å². The molecule has 7 heteroatoms. The Morgan fingerprint density at radius 2 is 2.16 bits per heavy atom. The van der Waals surface area contributed by atoms with E-state index >= 15 is 0 Å². The van der Waals surface area contributed by atoms with Crippen LogP contribution in [0.25, 0.3) is 0 Å². The van der Waals surface area contributed by atoms with E-state index in [-0.39, 0.29) is 18.0 Å². The lowest BCUT2D eigenvalue weighted by Crippen LogP contribution is -2.35. The van der Waals surface area contributed by atoms with E-state index in [1.807, 2.05) is 25.3 Å². The van der Waals surface area contributed by atoms with Crippen molar-refractivity contribution in [1.82, 2.24) is 20.1 Å². The van der Waals surface area contributed by atoms with Crippen LogP contribution in [-0.2, 0) is 4.79 Å². The van der Waals surface area contributed by atoms with E-state index in [1.165, 1.54) is 11.8 Å². The van der Waals surface area contributed by atoms with Gasteiger partial charge in [0.05, 0.1) is 11.9 Å². The van der Waals surface area contributed by atoms with Crippen molar-refractivity contribution < 1.29 is 9.90 Å². The summed E-state index contributed by atoms with van der Waals surface area (Å²) in [5.41, 5.74) is 0. The van der Waals surface area contributed by atoms with Crippen LogP contribution in [0.3, 0.4) is 0 Å². The molecule has 0 aromatic carbocycles. The van der Waals surface area contributed by atoms with Crippen LogP contribution in [-0.4, -0.2) is 43.7 Å². The predicted molar refractivity (Wildman–Crippen MR) is 75.0 cm³/mol. The van der Waals surface area contributed by atoms with Gasteiger partial charge in [0, 0.05) is 12.1 Å². The van der Waals surface area contributed by atoms with Crippen molar-refractivity contribution in [2.75, 3.05) is 5.75 Å². The Labute approximate surface area is 118 Å². The molecule has 1 amide bonds. The second-order valence-electron chi connectivity index (χ2n) is 4.96. The third kappa shape index (κ3) is 5.61. The smallest absolute Gasteiger partial charge is 0.230 e. The first-order valence-electron chi connectivity index (χ1n) is 6.40. The van der Waals surface area contributed by atoms with E-state index < -0.39 is 6.10 Å². The average molecular weight is 286 g/mol. The molecule has 0 aliphatic heterocycles. The number of carbonyl (C=O) groups excluding carboxylic acids is 1.